The van der Waals surface area contributed by atoms with E-state index in [0.717, 1.165) is 77.0 Å². The quantitative estimate of drug-likeness (QED) is 0.0207. The SMILES string of the molecule is CCCCCCCCCCCCCCCC(=O)OC[C@H](COP(=O)(O)OCC[N+](C)(C)C)OC(=O)CCCCCCCC=CC=CC(O)CCCCC. The molecule has 3 atom stereocenters. The highest BCUT2D eigenvalue weighted by Gasteiger charge is 2.27. The normalized spacial score (nSPS) is 14.5. The van der Waals surface area contributed by atoms with Gasteiger partial charge in [0, 0.05) is 12.8 Å². The first kappa shape index (κ1) is 51.5. The van der Waals surface area contributed by atoms with E-state index >= 15 is 0 Å². The van der Waals surface area contributed by atoms with Gasteiger partial charge in [-0.3, -0.25) is 18.6 Å². The zero-order valence-electron chi connectivity index (χ0n) is 34.6. The number of quaternary nitrogens is 1. The van der Waals surface area contributed by atoms with Crippen LogP contribution in [0.25, 0.3) is 0 Å². The standard InChI is InChI=1S/C42H80NO9P/c1-6-8-10-11-12-13-14-15-16-19-22-25-29-33-41(45)49-37-40(38-51-53(47,48)50-36-35-43(3,4)5)52-42(46)34-30-26-23-20-17-18-21-24-28-32-39(44)31-27-9-7-2/h21,24,28,32,39-40,44H,6-20,22-23,25-27,29-31,33-38H2,1-5H3/p+1/t39?,40-/m1/s1. The van der Waals surface area contributed by atoms with Crippen LogP contribution in [0, 0.1) is 0 Å². The minimum atomic E-state index is -4.39. The molecule has 0 bridgehead atoms. The molecule has 2 N–H and O–H groups in total. The molecule has 0 aromatic heterocycles. The van der Waals surface area contributed by atoms with Gasteiger partial charge in [-0.2, -0.15) is 0 Å². The van der Waals surface area contributed by atoms with E-state index in [4.69, 9.17) is 18.5 Å². The summed E-state index contributed by atoms with van der Waals surface area (Å²) in [6.07, 6.45) is 32.6. The molecule has 0 amide bonds. The molecular weight excluding hydrogens is 693 g/mol. The second-order valence-corrected chi connectivity index (χ2v) is 17.0. The van der Waals surface area contributed by atoms with Crippen LogP contribution in [0.2, 0.25) is 0 Å². The number of carbonyl (C=O) groups is 2. The summed E-state index contributed by atoms with van der Waals surface area (Å²) in [4.78, 5) is 35.3. The van der Waals surface area contributed by atoms with Crippen LogP contribution < -0.4 is 0 Å². The number of aliphatic hydroxyl groups excluding tert-OH is 1. The lowest BCUT2D eigenvalue weighted by atomic mass is 10.0. The maximum atomic E-state index is 12.7. The fourth-order valence-electron chi connectivity index (χ4n) is 5.68. The Morgan fingerprint density at radius 2 is 1.17 bits per heavy atom. The van der Waals surface area contributed by atoms with E-state index in [1.54, 1.807) is 0 Å². The highest BCUT2D eigenvalue weighted by molar-refractivity contribution is 7.47. The van der Waals surface area contributed by atoms with Crippen LogP contribution >= 0.6 is 7.82 Å². The Bertz CT molecular complexity index is 982. The average molecular weight is 775 g/mol. The smallest absolute Gasteiger partial charge is 0.462 e. The van der Waals surface area contributed by atoms with Crippen molar-refractivity contribution in [3.05, 3.63) is 24.3 Å². The number of rotatable bonds is 38. The van der Waals surface area contributed by atoms with Gasteiger partial charge in [0.05, 0.1) is 33.9 Å². The summed E-state index contributed by atoms with van der Waals surface area (Å²) in [7, 11) is 1.44. The second kappa shape index (κ2) is 34.9. The lowest BCUT2D eigenvalue weighted by Gasteiger charge is -2.24. The highest BCUT2D eigenvalue weighted by Crippen LogP contribution is 2.43. The molecule has 0 aliphatic rings. The van der Waals surface area contributed by atoms with Gasteiger partial charge in [0.15, 0.2) is 6.10 Å². The lowest BCUT2D eigenvalue weighted by molar-refractivity contribution is -0.870. The molecule has 11 heteroatoms. The molecule has 0 aliphatic carbocycles. The number of hydrogen-bond donors (Lipinski definition) is 2. The molecule has 0 rings (SSSR count). The van der Waals surface area contributed by atoms with Gasteiger partial charge in [-0.05, 0) is 32.1 Å². The largest absolute Gasteiger partial charge is 0.472 e. The number of likely N-dealkylation sites (N-methyl/N-ethyl adjacent to an activating group) is 1. The number of allylic oxidation sites excluding steroid dienone is 3. The number of esters is 2. The van der Waals surface area contributed by atoms with Crippen molar-refractivity contribution in [3.8, 4) is 0 Å². The summed E-state index contributed by atoms with van der Waals surface area (Å²) in [5.74, 6) is -0.845. The fourth-order valence-corrected chi connectivity index (χ4v) is 6.42. The Labute approximate surface area is 324 Å². The predicted octanol–water partition coefficient (Wildman–Crippen LogP) is 10.5. The summed E-state index contributed by atoms with van der Waals surface area (Å²) >= 11 is 0. The molecule has 312 valence electrons. The third-order valence-corrected chi connectivity index (χ3v) is 10.1. The van der Waals surface area contributed by atoms with Crippen LogP contribution in [-0.2, 0) is 32.7 Å². The maximum Gasteiger partial charge on any atom is 0.472 e. The number of carbonyl (C=O) groups excluding carboxylic acids is 2. The molecule has 53 heavy (non-hydrogen) atoms. The Balaban J connectivity index is 4.45. The number of nitrogens with zero attached hydrogens (tertiary/aromatic N) is 1. The van der Waals surface area contributed by atoms with Crippen LogP contribution in [0.4, 0.5) is 0 Å². The molecule has 0 fully saturated rings. The van der Waals surface area contributed by atoms with E-state index in [1.165, 1.54) is 64.2 Å². The second-order valence-electron chi connectivity index (χ2n) is 15.6. The van der Waals surface area contributed by atoms with Gasteiger partial charge < -0.3 is 24.0 Å². The maximum absolute atomic E-state index is 12.7. The monoisotopic (exact) mass is 775 g/mol. The van der Waals surface area contributed by atoms with Gasteiger partial charge in [0.2, 0.25) is 0 Å². The van der Waals surface area contributed by atoms with E-state index in [1.807, 2.05) is 39.4 Å². The molecule has 0 aliphatic heterocycles. The lowest BCUT2D eigenvalue weighted by Crippen LogP contribution is -2.37. The number of aliphatic hydroxyl groups is 1. The van der Waals surface area contributed by atoms with Gasteiger partial charge >= 0.3 is 19.8 Å². The summed E-state index contributed by atoms with van der Waals surface area (Å²) < 4.78 is 34.2. The molecule has 10 nitrogen and oxygen atoms in total. The number of phosphoric acid groups is 1. The molecule has 0 saturated carbocycles. The molecule has 0 radical (unpaired) electrons. The molecule has 0 spiro atoms. The van der Waals surface area contributed by atoms with Crippen LogP contribution in [-0.4, -0.2) is 86.1 Å². The van der Waals surface area contributed by atoms with E-state index in [0.29, 0.717) is 17.4 Å². The summed E-state index contributed by atoms with van der Waals surface area (Å²) in [5.41, 5.74) is 0. The number of hydrogen-bond acceptors (Lipinski definition) is 8. The molecule has 0 saturated heterocycles. The van der Waals surface area contributed by atoms with Crippen molar-refractivity contribution in [2.24, 2.45) is 0 Å². The number of phosphoric ester groups is 1. The highest BCUT2D eigenvalue weighted by atomic mass is 31.2. The van der Waals surface area contributed by atoms with Crippen LogP contribution in [0.1, 0.15) is 174 Å². The molecule has 0 heterocycles. The zero-order chi connectivity index (χ0) is 39.5. The van der Waals surface area contributed by atoms with E-state index in [2.05, 4.69) is 19.9 Å². The van der Waals surface area contributed by atoms with Crippen molar-refractivity contribution in [2.75, 3.05) is 47.5 Å². The third kappa shape index (κ3) is 38.5. The van der Waals surface area contributed by atoms with Crippen molar-refractivity contribution in [1.82, 2.24) is 0 Å². The first-order valence-corrected chi connectivity index (χ1v) is 22.7. The molecule has 0 aromatic rings. The minimum Gasteiger partial charge on any atom is -0.462 e. The van der Waals surface area contributed by atoms with Crippen molar-refractivity contribution < 1.29 is 47.2 Å². The predicted molar refractivity (Wildman–Crippen MR) is 217 cm³/mol. The van der Waals surface area contributed by atoms with Crippen molar-refractivity contribution in [2.45, 2.75) is 187 Å². The number of unbranched alkanes of at least 4 members (excludes halogenated alkanes) is 19. The first-order valence-electron chi connectivity index (χ1n) is 21.2. The third-order valence-electron chi connectivity index (χ3n) is 9.09. The molecule has 2 unspecified atom stereocenters. The zero-order valence-corrected chi connectivity index (χ0v) is 35.5. The Hall–Kier alpha value is -1.55. The Morgan fingerprint density at radius 1 is 0.660 bits per heavy atom. The van der Waals surface area contributed by atoms with Crippen LogP contribution in [0.3, 0.4) is 0 Å². The molecule has 0 aromatic carbocycles. The van der Waals surface area contributed by atoms with E-state index in [-0.39, 0.29) is 38.1 Å². The summed E-state index contributed by atoms with van der Waals surface area (Å²) in [5, 5.41) is 9.93. The fraction of sp³-hybridized carbons (Fsp3) is 0.857. The Morgan fingerprint density at radius 3 is 1.74 bits per heavy atom. The van der Waals surface area contributed by atoms with Gasteiger partial charge in [-0.25, -0.2) is 4.57 Å². The van der Waals surface area contributed by atoms with Crippen molar-refractivity contribution in [1.29, 1.82) is 0 Å². The van der Waals surface area contributed by atoms with Gasteiger partial charge in [-0.15, -0.1) is 0 Å². The average Bonchev–Trinajstić information content (AvgIpc) is 3.09. The minimum absolute atomic E-state index is 0.0203. The Kier molecular flexibility index (Phi) is 33.9. The van der Waals surface area contributed by atoms with Crippen molar-refractivity contribution in [3.63, 3.8) is 0 Å². The first-order chi connectivity index (χ1) is 25.4. The van der Waals surface area contributed by atoms with Gasteiger partial charge in [-0.1, -0.05) is 154 Å². The van der Waals surface area contributed by atoms with Crippen molar-refractivity contribution >= 4 is 19.8 Å². The number of ether oxygens (including phenoxy) is 2. The molecular formula is C42H81NO9P+. The van der Waals surface area contributed by atoms with Gasteiger partial charge in [0.1, 0.15) is 19.8 Å². The summed E-state index contributed by atoms with van der Waals surface area (Å²) in [6, 6.07) is 0. The van der Waals surface area contributed by atoms with Crippen LogP contribution in [0.5, 0.6) is 0 Å². The van der Waals surface area contributed by atoms with E-state index < -0.39 is 26.5 Å². The summed E-state index contributed by atoms with van der Waals surface area (Å²) in [6.45, 7) is 4.26. The van der Waals surface area contributed by atoms with E-state index in [9.17, 15) is 24.2 Å². The topological polar surface area (TPSA) is 129 Å². The van der Waals surface area contributed by atoms with Gasteiger partial charge in [0.25, 0.3) is 0 Å². The van der Waals surface area contributed by atoms with Crippen LogP contribution in [0.15, 0.2) is 24.3 Å².